The summed E-state index contributed by atoms with van der Waals surface area (Å²) in [6, 6.07) is 14.8. The molecule has 3 aromatic rings. The quantitative estimate of drug-likeness (QED) is 0.559. The highest BCUT2D eigenvalue weighted by atomic mass is 32.2. The number of rotatable bonds is 7. The molecule has 1 aliphatic heterocycles. The van der Waals surface area contributed by atoms with Gasteiger partial charge < -0.3 is 10.1 Å². The minimum Gasteiger partial charge on any atom is -0.379 e. The van der Waals surface area contributed by atoms with Gasteiger partial charge in [-0.3, -0.25) is 9.48 Å². The van der Waals surface area contributed by atoms with E-state index in [9.17, 15) is 13.2 Å². The fraction of sp³-hybridized carbons (Fsp3) is 0.360. The zero-order valence-corrected chi connectivity index (χ0v) is 20.6. The number of carbonyl (C=O) groups excluding carboxylic acids is 1. The standard InChI is InChI=1S/C25H30N4O4S/c1-18-9-10-22(34(31,32)28-11-13-33-14-12-28)15-23(18)25(30)26-16-24-19(2)27-29(20(24)3)17-21-7-5-4-6-8-21/h4-10,15H,11-14,16-17H2,1-3H3,(H,26,30). The summed E-state index contributed by atoms with van der Waals surface area (Å²) >= 11 is 0. The van der Waals surface area contributed by atoms with E-state index >= 15 is 0 Å². The molecule has 1 aromatic heterocycles. The minimum absolute atomic E-state index is 0.119. The molecule has 0 unspecified atom stereocenters. The Labute approximate surface area is 200 Å². The van der Waals surface area contributed by atoms with Gasteiger partial charge in [-0.15, -0.1) is 0 Å². The zero-order chi connectivity index (χ0) is 24.3. The van der Waals surface area contributed by atoms with Crippen LogP contribution in [0.2, 0.25) is 0 Å². The molecule has 180 valence electrons. The maximum Gasteiger partial charge on any atom is 0.251 e. The number of hydrogen-bond donors (Lipinski definition) is 1. The Morgan fingerprint density at radius 1 is 1.06 bits per heavy atom. The summed E-state index contributed by atoms with van der Waals surface area (Å²) in [4.78, 5) is 13.2. The van der Waals surface area contributed by atoms with Crippen LogP contribution < -0.4 is 5.32 Å². The molecule has 1 fully saturated rings. The minimum atomic E-state index is -3.68. The van der Waals surface area contributed by atoms with E-state index in [1.807, 2.05) is 36.7 Å². The van der Waals surface area contributed by atoms with E-state index in [1.165, 1.54) is 10.4 Å². The van der Waals surface area contributed by atoms with Gasteiger partial charge in [0.25, 0.3) is 5.91 Å². The van der Waals surface area contributed by atoms with Crippen molar-refractivity contribution in [3.8, 4) is 0 Å². The molecule has 0 bridgehead atoms. The number of aromatic nitrogens is 2. The molecule has 9 heteroatoms. The number of carbonyl (C=O) groups is 1. The van der Waals surface area contributed by atoms with Crippen molar-refractivity contribution in [2.75, 3.05) is 26.3 Å². The number of benzene rings is 2. The van der Waals surface area contributed by atoms with Crippen LogP contribution in [0.25, 0.3) is 0 Å². The van der Waals surface area contributed by atoms with Crippen LogP contribution in [0.15, 0.2) is 53.4 Å². The summed E-state index contributed by atoms with van der Waals surface area (Å²) in [6.07, 6.45) is 0. The highest BCUT2D eigenvalue weighted by Gasteiger charge is 2.27. The number of amides is 1. The summed E-state index contributed by atoms with van der Waals surface area (Å²) in [5.41, 5.74) is 5.01. The van der Waals surface area contributed by atoms with Gasteiger partial charge in [-0.05, 0) is 44.0 Å². The summed E-state index contributed by atoms with van der Waals surface area (Å²) in [5.74, 6) is -0.314. The van der Waals surface area contributed by atoms with Crippen molar-refractivity contribution in [1.29, 1.82) is 0 Å². The molecule has 0 atom stereocenters. The molecule has 1 amide bonds. The highest BCUT2D eigenvalue weighted by Crippen LogP contribution is 2.21. The number of morpholine rings is 1. The number of nitrogens with zero attached hydrogens (tertiary/aromatic N) is 3. The van der Waals surface area contributed by atoms with E-state index in [4.69, 9.17) is 4.74 Å². The number of hydrogen-bond acceptors (Lipinski definition) is 5. The first-order valence-electron chi connectivity index (χ1n) is 11.3. The Hall–Kier alpha value is -3.01. The van der Waals surface area contributed by atoms with Crippen molar-refractivity contribution in [2.24, 2.45) is 0 Å². The molecule has 1 aliphatic rings. The Morgan fingerprint density at radius 2 is 1.76 bits per heavy atom. The second-order valence-corrected chi connectivity index (χ2v) is 10.4. The summed E-state index contributed by atoms with van der Waals surface area (Å²) < 4.78 is 34.6. The fourth-order valence-electron chi connectivity index (χ4n) is 4.11. The third kappa shape index (κ3) is 5.06. The van der Waals surface area contributed by atoms with Crippen molar-refractivity contribution in [2.45, 2.75) is 38.8 Å². The first kappa shape index (κ1) is 24.1. The number of aryl methyl sites for hydroxylation is 2. The molecule has 4 rings (SSSR count). The normalized spacial score (nSPS) is 14.8. The van der Waals surface area contributed by atoms with Crippen molar-refractivity contribution in [3.05, 3.63) is 82.2 Å². The van der Waals surface area contributed by atoms with E-state index in [1.54, 1.807) is 19.1 Å². The lowest BCUT2D eigenvalue weighted by atomic mass is 10.1. The molecule has 34 heavy (non-hydrogen) atoms. The molecule has 1 saturated heterocycles. The number of nitrogens with one attached hydrogen (secondary N) is 1. The topological polar surface area (TPSA) is 93.5 Å². The molecular formula is C25H30N4O4S. The van der Waals surface area contributed by atoms with Crippen LogP contribution in [-0.2, 0) is 27.8 Å². The van der Waals surface area contributed by atoms with E-state index in [-0.39, 0.29) is 10.8 Å². The third-order valence-corrected chi connectivity index (χ3v) is 8.09. The van der Waals surface area contributed by atoms with Gasteiger partial charge in [0.15, 0.2) is 0 Å². The van der Waals surface area contributed by atoms with Crippen LogP contribution in [0.3, 0.4) is 0 Å². The zero-order valence-electron chi connectivity index (χ0n) is 19.7. The van der Waals surface area contributed by atoms with Gasteiger partial charge in [0.1, 0.15) is 0 Å². The van der Waals surface area contributed by atoms with Gasteiger partial charge >= 0.3 is 0 Å². The molecule has 1 N–H and O–H groups in total. The summed E-state index contributed by atoms with van der Waals surface area (Å²) in [7, 11) is -3.68. The Balaban J connectivity index is 1.50. The number of ether oxygens (including phenoxy) is 1. The first-order valence-corrected chi connectivity index (χ1v) is 12.7. The van der Waals surface area contributed by atoms with Crippen LogP contribution in [0.4, 0.5) is 0 Å². The van der Waals surface area contributed by atoms with Gasteiger partial charge in [0.2, 0.25) is 10.0 Å². The van der Waals surface area contributed by atoms with E-state index in [0.29, 0.717) is 50.5 Å². The Kier molecular flexibility index (Phi) is 7.16. The van der Waals surface area contributed by atoms with Crippen molar-refractivity contribution in [3.63, 3.8) is 0 Å². The average Bonchev–Trinajstić information content (AvgIpc) is 3.10. The average molecular weight is 483 g/mol. The van der Waals surface area contributed by atoms with Gasteiger partial charge in [0.05, 0.1) is 30.3 Å². The lowest BCUT2D eigenvalue weighted by Crippen LogP contribution is -2.40. The Bertz CT molecular complexity index is 1280. The molecule has 0 spiro atoms. The highest BCUT2D eigenvalue weighted by molar-refractivity contribution is 7.89. The lowest BCUT2D eigenvalue weighted by molar-refractivity contribution is 0.0730. The van der Waals surface area contributed by atoms with Crippen LogP contribution in [0.1, 0.15) is 38.4 Å². The van der Waals surface area contributed by atoms with Crippen molar-refractivity contribution >= 4 is 15.9 Å². The molecule has 0 saturated carbocycles. The van der Waals surface area contributed by atoms with Crippen molar-refractivity contribution in [1.82, 2.24) is 19.4 Å². The largest absolute Gasteiger partial charge is 0.379 e. The van der Waals surface area contributed by atoms with Gasteiger partial charge in [0, 0.05) is 36.5 Å². The van der Waals surface area contributed by atoms with E-state index < -0.39 is 10.0 Å². The molecule has 0 aliphatic carbocycles. The maximum atomic E-state index is 13.0. The summed E-state index contributed by atoms with van der Waals surface area (Å²) in [6.45, 7) is 8.04. The van der Waals surface area contributed by atoms with Crippen LogP contribution in [0.5, 0.6) is 0 Å². The second-order valence-electron chi connectivity index (χ2n) is 8.47. The summed E-state index contributed by atoms with van der Waals surface area (Å²) in [5, 5.41) is 7.59. The van der Waals surface area contributed by atoms with Crippen LogP contribution in [-0.4, -0.2) is 54.7 Å². The maximum absolute atomic E-state index is 13.0. The third-order valence-electron chi connectivity index (χ3n) is 6.19. The first-order chi connectivity index (χ1) is 16.3. The van der Waals surface area contributed by atoms with E-state index in [0.717, 1.165) is 22.5 Å². The van der Waals surface area contributed by atoms with Crippen LogP contribution in [0, 0.1) is 20.8 Å². The molecule has 2 aromatic carbocycles. The second kappa shape index (κ2) is 10.1. The predicted molar refractivity (Wildman–Crippen MR) is 129 cm³/mol. The molecular weight excluding hydrogens is 452 g/mol. The molecule has 2 heterocycles. The van der Waals surface area contributed by atoms with Gasteiger partial charge in [-0.1, -0.05) is 36.4 Å². The lowest BCUT2D eigenvalue weighted by Gasteiger charge is -2.26. The monoisotopic (exact) mass is 482 g/mol. The van der Waals surface area contributed by atoms with Gasteiger partial charge in [-0.2, -0.15) is 9.40 Å². The Morgan fingerprint density at radius 3 is 2.47 bits per heavy atom. The fourth-order valence-corrected chi connectivity index (χ4v) is 5.54. The number of sulfonamides is 1. The SMILES string of the molecule is Cc1ccc(S(=O)(=O)N2CCOCC2)cc1C(=O)NCc1c(C)nn(Cc2ccccc2)c1C. The predicted octanol–water partition coefficient (Wildman–Crippen LogP) is 2.81. The van der Waals surface area contributed by atoms with E-state index in [2.05, 4.69) is 22.5 Å². The van der Waals surface area contributed by atoms with Gasteiger partial charge in [-0.25, -0.2) is 8.42 Å². The smallest absolute Gasteiger partial charge is 0.251 e. The molecule has 8 nitrogen and oxygen atoms in total. The molecule has 0 radical (unpaired) electrons. The van der Waals surface area contributed by atoms with Crippen LogP contribution >= 0.6 is 0 Å². The van der Waals surface area contributed by atoms with Crippen molar-refractivity contribution < 1.29 is 17.9 Å².